The van der Waals surface area contributed by atoms with E-state index in [9.17, 15) is 28.3 Å². The normalized spacial score (nSPS) is 10.9. The summed E-state index contributed by atoms with van der Waals surface area (Å²) in [5.41, 5.74) is -2.11. The summed E-state index contributed by atoms with van der Waals surface area (Å²) in [5, 5.41) is 10.4. The quantitative estimate of drug-likeness (QED) is 0.408. The minimum absolute atomic E-state index is 0.0252. The van der Waals surface area contributed by atoms with E-state index in [2.05, 4.69) is 4.98 Å². The van der Waals surface area contributed by atoms with Crippen molar-refractivity contribution >= 4 is 28.2 Å². The van der Waals surface area contributed by atoms with Crippen LogP contribution in [-0.2, 0) is 6.61 Å². The van der Waals surface area contributed by atoms with E-state index >= 15 is 0 Å². The summed E-state index contributed by atoms with van der Waals surface area (Å²) in [6.45, 7) is -0.208. The number of thiophene rings is 1. The average molecular weight is 490 g/mol. The molecule has 0 radical (unpaired) electrons. The summed E-state index contributed by atoms with van der Waals surface area (Å²) >= 11 is 0.758. The molecule has 0 spiro atoms. The number of carboxylic acid groups (broad SMARTS) is 1. The van der Waals surface area contributed by atoms with Crippen LogP contribution < -0.4 is 25.5 Å². The smallest absolute Gasteiger partial charge is 0.346 e. The maximum atomic E-state index is 15.0. The number of hydrogen-bond donors (Lipinski definition) is 2. The second kappa shape index (κ2) is 8.98. The number of aromatic amines is 1. The number of methoxy groups -OCH3 is 2. The minimum Gasteiger partial charge on any atom is -0.496 e. The number of hydrogen-bond acceptors (Lipinski definition) is 7. The molecule has 0 saturated carbocycles. The summed E-state index contributed by atoms with van der Waals surface area (Å²) in [4.78, 5) is 39.2. The molecule has 2 heterocycles. The van der Waals surface area contributed by atoms with Gasteiger partial charge in [0, 0.05) is 23.1 Å². The van der Waals surface area contributed by atoms with Gasteiger partial charge in [0.2, 0.25) is 0 Å². The molecule has 0 fully saturated rings. The van der Waals surface area contributed by atoms with E-state index in [-0.39, 0.29) is 33.9 Å². The number of aromatic nitrogens is 2. The molecule has 4 aromatic rings. The van der Waals surface area contributed by atoms with E-state index in [1.807, 2.05) is 0 Å². The molecule has 34 heavy (non-hydrogen) atoms. The van der Waals surface area contributed by atoms with Crippen molar-refractivity contribution in [2.24, 2.45) is 0 Å². The Morgan fingerprint density at radius 2 is 1.82 bits per heavy atom. The number of nitrogens with one attached hydrogen (secondary N) is 1. The van der Waals surface area contributed by atoms with Crippen molar-refractivity contribution in [3.63, 3.8) is 0 Å². The molecule has 12 heteroatoms. The number of nitrogens with zero attached hydrogens (tertiary/aromatic N) is 1. The largest absolute Gasteiger partial charge is 0.496 e. The molecule has 9 nitrogen and oxygen atoms in total. The fourth-order valence-corrected chi connectivity index (χ4v) is 4.23. The number of aromatic carboxylic acids is 1. The number of carbonyl (C=O) groups is 1. The number of H-pyrrole nitrogens is 1. The molecule has 2 N–H and O–H groups in total. The second-order valence-corrected chi connectivity index (χ2v) is 7.81. The van der Waals surface area contributed by atoms with Gasteiger partial charge in [0.25, 0.3) is 5.56 Å². The fraction of sp³-hybridized carbons (Fsp3) is 0.136. The van der Waals surface area contributed by atoms with Crippen molar-refractivity contribution in [2.45, 2.75) is 6.61 Å². The van der Waals surface area contributed by atoms with E-state index in [4.69, 9.17) is 14.2 Å². The molecule has 2 aromatic carbocycles. The van der Waals surface area contributed by atoms with Crippen LogP contribution in [0.2, 0.25) is 0 Å². The topological polar surface area (TPSA) is 120 Å². The van der Waals surface area contributed by atoms with E-state index in [1.54, 1.807) is 0 Å². The highest BCUT2D eigenvalue weighted by atomic mass is 32.1. The highest BCUT2D eigenvalue weighted by molar-refractivity contribution is 7.13. The summed E-state index contributed by atoms with van der Waals surface area (Å²) < 4.78 is 45.1. The Kier molecular flexibility index (Phi) is 6.07. The molecular weight excluding hydrogens is 474 g/mol. The lowest BCUT2D eigenvalue weighted by molar-refractivity contribution is 0.0704. The van der Waals surface area contributed by atoms with E-state index < -0.39 is 34.5 Å². The predicted octanol–water partition coefficient (Wildman–Crippen LogP) is 3.31. The van der Waals surface area contributed by atoms with Crippen LogP contribution in [-0.4, -0.2) is 34.8 Å². The van der Waals surface area contributed by atoms with Crippen LogP contribution in [0, 0.1) is 11.6 Å². The number of ether oxygens (including phenoxy) is 3. The molecule has 0 bridgehead atoms. The molecular formula is C22H16F2N2O7S. The molecule has 0 aliphatic heterocycles. The Hall–Kier alpha value is -4.19. The van der Waals surface area contributed by atoms with Crippen molar-refractivity contribution < 1.29 is 32.9 Å². The zero-order valence-electron chi connectivity index (χ0n) is 17.7. The summed E-state index contributed by atoms with van der Waals surface area (Å²) in [6.07, 6.45) is 0. The number of halogens is 2. The van der Waals surface area contributed by atoms with Gasteiger partial charge in [-0.1, -0.05) is 0 Å². The van der Waals surface area contributed by atoms with Gasteiger partial charge >= 0.3 is 11.7 Å². The third kappa shape index (κ3) is 3.99. The first-order valence-corrected chi connectivity index (χ1v) is 10.5. The van der Waals surface area contributed by atoms with Crippen molar-refractivity contribution in [2.75, 3.05) is 14.2 Å². The van der Waals surface area contributed by atoms with Gasteiger partial charge in [0.1, 0.15) is 23.1 Å². The molecule has 0 saturated heterocycles. The maximum Gasteiger partial charge on any atom is 0.346 e. The third-order valence-corrected chi connectivity index (χ3v) is 5.91. The molecule has 0 aliphatic carbocycles. The first-order chi connectivity index (χ1) is 16.2. The number of rotatable bonds is 7. The van der Waals surface area contributed by atoms with Crippen LogP contribution >= 0.6 is 11.3 Å². The Morgan fingerprint density at radius 3 is 2.50 bits per heavy atom. The van der Waals surface area contributed by atoms with Crippen molar-refractivity contribution in [3.8, 4) is 22.9 Å². The first-order valence-electron chi connectivity index (χ1n) is 9.58. The van der Waals surface area contributed by atoms with Crippen LogP contribution in [0.1, 0.15) is 15.2 Å². The molecule has 0 unspecified atom stereocenters. The van der Waals surface area contributed by atoms with Crippen LogP contribution in [0.3, 0.4) is 0 Å². The molecule has 176 valence electrons. The number of fused-ring (bicyclic) bond motifs is 1. The van der Waals surface area contributed by atoms with Crippen molar-refractivity contribution in [1.29, 1.82) is 0 Å². The van der Waals surface area contributed by atoms with Crippen LogP contribution in [0.15, 0.2) is 45.3 Å². The minimum atomic E-state index is -1.36. The predicted molar refractivity (Wildman–Crippen MR) is 119 cm³/mol. The highest BCUT2D eigenvalue weighted by Crippen LogP contribution is 2.33. The lowest BCUT2D eigenvalue weighted by Crippen LogP contribution is -2.34. The van der Waals surface area contributed by atoms with E-state index in [1.165, 1.54) is 37.8 Å². The van der Waals surface area contributed by atoms with Gasteiger partial charge in [0.05, 0.1) is 30.8 Å². The van der Waals surface area contributed by atoms with E-state index in [0.29, 0.717) is 15.9 Å². The SMILES string of the molecule is COc1ccc(F)cc1COc1cc(-n2c(=O)[nH]c3csc(C(=O)O)c3c2=O)c(F)cc1OC. The van der Waals surface area contributed by atoms with Gasteiger partial charge in [-0.3, -0.25) is 4.79 Å². The molecule has 0 amide bonds. The monoisotopic (exact) mass is 490 g/mol. The van der Waals surface area contributed by atoms with Crippen molar-refractivity contribution in [3.05, 3.63) is 78.6 Å². The Balaban J connectivity index is 1.84. The maximum absolute atomic E-state index is 15.0. The average Bonchev–Trinajstić information content (AvgIpc) is 3.23. The molecule has 2 aromatic heterocycles. The van der Waals surface area contributed by atoms with Gasteiger partial charge in [0.15, 0.2) is 17.3 Å². The summed E-state index contributed by atoms with van der Waals surface area (Å²) in [5.74, 6) is -2.64. The second-order valence-electron chi connectivity index (χ2n) is 6.93. The zero-order valence-corrected chi connectivity index (χ0v) is 18.5. The van der Waals surface area contributed by atoms with E-state index in [0.717, 1.165) is 23.5 Å². The zero-order chi connectivity index (χ0) is 24.6. The Bertz CT molecular complexity index is 1540. The van der Waals surface area contributed by atoms with Crippen molar-refractivity contribution in [1.82, 2.24) is 9.55 Å². The Morgan fingerprint density at radius 1 is 1.09 bits per heavy atom. The van der Waals surface area contributed by atoms with Gasteiger partial charge in [-0.2, -0.15) is 0 Å². The van der Waals surface area contributed by atoms with Crippen LogP contribution in [0.4, 0.5) is 8.78 Å². The fourth-order valence-electron chi connectivity index (χ4n) is 3.40. The Labute approximate surface area is 193 Å². The molecule has 0 atom stereocenters. The molecule has 0 aliphatic rings. The van der Waals surface area contributed by atoms with Crippen LogP contribution in [0.25, 0.3) is 16.6 Å². The van der Waals surface area contributed by atoms with Gasteiger partial charge in [-0.15, -0.1) is 11.3 Å². The summed E-state index contributed by atoms with van der Waals surface area (Å²) in [7, 11) is 2.66. The number of benzene rings is 2. The lowest BCUT2D eigenvalue weighted by Gasteiger charge is -2.15. The number of carboxylic acids is 1. The van der Waals surface area contributed by atoms with Crippen LogP contribution in [0.5, 0.6) is 17.2 Å². The molecule has 4 rings (SSSR count). The summed E-state index contributed by atoms with van der Waals surface area (Å²) in [6, 6.07) is 5.80. The van der Waals surface area contributed by atoms with Gasteiger partial charge in [-0.25, -0.2) is 22.9 Å². The van der Waals surface area contributed by atoms with Gasteiger partial charge in [-0.05, 0) is 18.2 Å². The van der Waals surface area contributed by atoms with Gasteiger partial charge < -0.3 is 24.3 Å². The lowest BCUT2D eigenvalue weighted by atomic mass is 10.2. The standard InChI is InChI=1S/C22H16F2N2O7S/c1-31-15-4-3-11(23)5-10(15)8-33-17-7-14(12(24)6-16(17)32-2)26-20(27)18-13(25-22(26)30)9-34-19(18)21(28)29/h3-7,9H,8H2,1-2H3,(H,25,30)(H,28,29). The third-order valence-electron chi connectivity index (χ3n) is 4.95. The first kappa shape index (κ1) is 23.0. The highest BCUT2D eigenvalue weighted by Gasteiger charge is 2.22.